The molecule has 1 heterocycles. The lowest BCUT2D eigenvalue weighted by Crippen LogP contribution is -2.44. The first kappa shape index (κ1) is 18.8. The Bertz CT molecular complexity index is 640. The van der Waals surface area contributed by atoms with Crippen LogP contribution < -0.4 is 0 Å². The third kappa shape index (κ3) is 3.92. The molecule has 1 fully saturated rings. The van der Waals surface area contributed by atoms with Gasteiger partial charge in [-0.25, -0.2) is 4.39 Å². The Morgan fingerprint density at radius 1 is 1.38 bits per heavy atom. The molecule has 1 aliphatic heterocycles. The van der Waals surface area contributed by atoms with Crippen LogP contribution in [-0.4, -0.2) is 44.6 Å². The molecule has 0 aromatic heterocycles. The second kappa shape index (κ2) is 6.76. The van der Waals surface area contributed by atoms with Crippen molar-refractivity contribution in [3.05, 3.63) is 35.1 Å². The van der Waals surface area contributed by atoms with Crippen LogP contribution in [0.15, 0.2) is 18.2 Å². The van der Waals surface area contributed by atoms with Gasteiger partial charge >= 0.3 is 0 Å². The zero-order valence-corrected chi connectivity index (χ0v) is 16.1. The maximum Gasteiger partial charge on any atom is 0.256 e. The standard InChI is InChI=1S/C18H26FNO3Si/c1-18(2,3)24(4,5)23-14-8-9-20(11-14)17(22)15-10-13(12-21)6-7-16(15)19/h6-7,10,12,14H,8-9,11H2,1-5H3. The Balaban J connectivity index is 2.08. The van der Waals surface area contributed by atoms with Crippen LogP contribution in [0.25, 0.3) is 0 Å². The predicted molar refractivity (Wildman–Crippen MR) is 94.4 cm³/mol. The summed E-state index contributed by atoms with van der Waals surface area (Å²) < 4.78 is 20.3. The Hall–Kier alpha value is -1.53. The number of rotatable bonds is 4. The van der Waals surface area contributed by atoms with Crippen LogP contribution in [0.3, 0.4) is 0 Å². The third-order valence-corrected chi connectivity index (χ3v) is 9.59. The average Bonchev–Trinajstić information content (AvgIpc) is 2.93. The normalized spacial score (nSPS) is 18.8. The number of likely N-dealkylation sites (tertiary alicyclic amines) is 1. The fourth-order valence-corrected chi connectivity index (χ4v) is 3.93. The molecule has 1 aromatic carbocycles. The summed E-state index contributed by atoms with van der Waals surface area (Å²) in [6.45, 7) is 11.9. The minimum absolute atomic E-state index is 0.00726. The van der Waals surface area contributed by atoms with E-state index in [1.165, 1.54) is 12.1 Å². The van der Waals surface area contributed by atoms with Crippen molar-refractivity contribution in [1.29, 1.82) is 0 Å². The van der Waals surface area contributed by atoms with Gasteiger partial charge in [-0.15, -0.1) is 0 Å². The number of aldehydes is 1. The lowest BCUT2D eigenvalue weighted by atomic mass is 10.1. The van der Waals surface area contributed by atoms with Gasteiger partial charge in [-0.1, -0.05) is 20.8 Å². The van der Waals surface area contributed by atoms with E-state index in [0.717, 1.165) is 12.5 Å². The highest BCUT2D eigenvalue weighted by Crippen LogP contribution is 2.38. The zero-order valence-electron chi connectivity index (χ0n) is 15.1. The van der Waals surface area contributed by atoms with E-state index in [4.69, 9.17) is 4.43 Å². The van der Waals surface area contributed by atoms with E-state index in [1.54, 1.807) is 4.90 Å². The van der Waals surface area contributed by atoms with Crippen molar-refractivity contribution in [2.24, 2.45) is 0 Å². The maximum atomic E-state index is 13.9. The van der Waals surface area contributed by atoms with Crippen molar-refractivity contribution in [3.63, 3.8) is 0 Å². The van der Waals surface area contributed by atoms with Crippen LogP contribution >= 0.6 is 0 Å². The van der Waals surface area contributed by atoms with Gasteiger partial charge in [-0.05, 0) is 42.8 Å². The van der Waals surface area contributed by atoms with Crippen LogP contribution in [0.2, 0.25) is 18.1 Å². The number of hydrogen-bond donors (Lipinski definition) is 0. The number of nitrogens with zero attached hydrogens (tertiary/aromatic N) is 1. The van der Waals surface area contributed by atoms with Gasteiger partial charge in [-0.2, -0.15) is 0 Å². The molecule has 2 rings (SSSR count). The second-order valence-corrected chi connectivity index (χ2v) is 12.7. The first-order chi connectivity index (χ1) is 11.0. The van der Waals surface area contributed by atoms with Gasteiger partial charge in [0.15, 0.2) is 8.32 Å². The molecular formula is C18H26FNO3Si. The van der Waals surface area contributed by atoms with Gasteiger partial charge in [0.1, 0.15) is 12.1 Å². The predicted octanol–water partition coefficient (Wildman–Crippen LogP) is 3.87. The Morgan fingerprint density at radius 2 is 2.04 bits per heavy atom. The van der Waals surface area contributed by atoms with Gasteiger partial charge in [0.25, 0.3) is 5.91 Å². The molecule has 1 aromatic rings. The Labute approximate surface area is 144 Å². The molecule has 1 aliphatic rings. The minimum Gasteiger partial charge on any atom is -0.412 e. The number of amides is 1. The molecule has 0 spiro atoms. The van der Waals surface area contributed by atoms with Crippen LogP contribution in [0.1, 0.15) is 47.9 Å². The van der Waals surface area contributed by atoms with E-state index in [2.05, 4.69) is 33.9 Å². The largest absolute Gasteiger partial charge is 0.412 e. The van der Waals surface area contributed by atoms with Crippen molar-refractivity contribution in [2.45, 2.75) is 51.4 Å². The van der Waals surface area contributed by atoms with Gasteiger partial charge in [0, 0.05) is 18.7 Å². The van der Waals surface area contributed by atoms with Crippen molar-refractivity contribution < 1.29 is 18.4 Å². The smallest absolute Gasteiger partial charge is 0.256 e. The molecule has 1 amide bonds. The van der Waals surface area contributed by atoms with Crippen molar-refractivity contribution >= 4 is 20.5 Å². The number of benzene rings is 1. The average molecular weight is 351 g/mol. The van der Waals surface area contributed by atoms with E-state index >= 15 is 0 Å². The SMILES string of the molecule is CC(C)(C)[Si](C)(C)OC1CCN(C(=O)c2cc(C=O)ccc2F)C1. The van der Waals surface area contributed by atoms with E-state index in [9.17, 15) is 14.0 Å². The molecule has 132 valence electrons. The topological polar surface area (TPSA) is 46.6 Å². The van der Waals surface area contributed by atoms with E-state index in [0.29, 0.717) is 24.9 Å². The molecular weight excluding hydrogens is 325 g/mol. The van der Waals surface area contributed by atoms with Crippen molar-refractivity contribution in [2.75, 3.05) is 13.1 Å². The van der Waals surface area contributed by atoms with Crippen LogP contribution in [0.5, 0.6) is 0 Å². The summed E-state index contributed by atoms with van der Waals surface area (Å²) >= 11 is 0. The van der Waals surface area contributed by atoms with Crippen molar-refractivity contribution in [3.8, 4) is 0 Å². The molecule has 4 nitrogen and oxygen atoms in total. The lowest BCUT2D eigenvalue weighted by molar-refractivity contribution is 0.0764. The monoisotopic (exact) mass is 351 g/mol. The number of halogens is 1. The molecule has 1 atom stereocenters. The van der Waals surface area contributed by atoms with Crippen LogP contribution in [0, 0.1) is 5.82 Å². The Morgan fingerprint density at radius 3 is 2.62 bits per heavy atom. The fraction of sp³-hybridized carbons (Fsp3) is 0.556. The molecule has 1 saturated heterocycles. The number of carbonyl (C=O) groups excluding carboxylic acids is 2. The number of carbonyl (C=O) groups is 2. The highest BCUT2D eigenvalue weighted by Gasteiger charge is 2.41. The summed E-state index contributed by atoms with van der Waals surface area (Å²) in [4.78, 5) is 25.0. The lowest BCUT2D eigenvalue weighted by Gasteiger charge is -2.38. The van der Waals surface area contributed by atoms with E-state index < -0.39 is 14.1 Å². The molecule has 0 radical (unpaired) electrons. The molecule has 6 heteroatoms. The molecule has 0 bridgehead atoms. The highest BCUT2D eigenvalue weighted by atomic mass is 28.4. The van der Waals surface area contributed by atoms with Crippen LogP contribution in [0.4, 0.5) is 4.39 Å². The minimum atomic E-state index is -1.90. The molecule has 24 heavy (non-hydrogen) atoms. The summed E-state index contributed by atoms with van der Waals surface area (Å²) in [6, 6.07) is 3.84. The first-order valence-electron chi connectivity index (χ1n) is 8.27. The van der Waals surface area contributed by atoms with Gasteiger partial charge in [0.2, 0.25) is 0 Å². The summed E-state index contributed by atoms with van der Waals surface area (Å²) in [6.07, 6.45) is 1.36. The summed E-state index contributed by atoms with van der Waals surface area (Å²) in [5.41, 5.74) is 0.251. The molecule has 1 unspecified atom stereocenters. The Kier molecular flexibility index (Phi) is 5.30. The van der Waals surface area contributed by atoms with E-state index in [1.807, 2.05) is 0 Å². The maximum absolute atomic E-state index is 13.9. The summed E-state index contributed by atoms with van der Waals surface area (Å²) in [5, 5.41) is 0.106. The summed E-state index contributed by atoms with van der Waals surface area (Å²) in [5.74, 6) is -0.975. The highest BCUT2D eigenvalue weighted by molar-refractivity contribution is 6.74. The van der Waals surface area contributed by atoms with E-state index in [-0.39, 0.29) is 22.6 Å². The summed E-state index contributed by atoms with van der Waals surface area (Å²) in [7, 11) is -1.90. The number of hydrogen-bond acceptors (Lipinski definition) is 3. The first-order valence-corrected chi connectivity index (χ1v) is 11.2. The van der Waals surface area contributed by atoms with Gasteiger partial charge in [0.05, 0.1) is 11.7 Å². The third-order valence-electron chi connectivity index (χ3n) is 5.06. The quantitative estimate of drug-likeness (QED) is 0.611. The van der Waals surface area contributed by atoms with Gasteiger partial charge < -0.3 is 9.33 Å². The zero-order chi connectivity index (χ0) is 18.1. The van der Waals surface area contributed by atoms with Crippen LogP contribution in [-0.2, 0) is 4.43 Å². The van der Waals surface area contributed by atoms with Crippen molar-refractivity contribution in [1.82, 2.24) is 4.90 Å². The molecule has 0 saturated carbocycles. The fourth-order valence-electron chi connectivity index (χ4n) is 2.55. The molecule has 0 aliphatic carbocycles. The second-order valence-electron chi connectivity index (χ2n) is 7.90. The van der Waals surface area contributed by atoms with Gasteiger partial charge in [-0.3, -0.25) is 9.59 Å². The molecule has 0 N–H and O–H groups in total.